The first-order valence-corrected chi connectivity index (χ1v) is 2.50. The van der Waals surface area contributed by atoms with E-state index in [0.29, 0.717) is 0 Å². The second-order valence-electron chi connectivity index (χ2n) is 1.47. The Hall–Kier alpha value is -1.08. The van der Waals surface area contributed by atoms with Crippen LogP contribution in [0.4, 0.5) is 0 Å². The minimum absolute atomic E-state index is 0.175. The summed E-state index contributed by atoms with van der Waals surface area (Å²) in [4.78, 5) is 10.3. The molecule has 0 bridgehead atoms. The van der Waals surface area contributed by atoms with Crippen molar-refractivity contribution in [1.82, 2.24) is 0 Å². The molecule has 0 heterocycles. The predicted molar refractivity (Wildman–Crippen MR) is 30.2 cm³/mol. The molecule has 0 amide bonds. The zero-order valence-electron chi connectivity index (χ0n) is 5.13. The molecule has 2 N–H and O–H groups in total. The molecular weight excluding hydrogens is 120 g/mol. The summed E-state index contributed by atoms with van der Waals surface area (Å²) in [5.74, 6) is -0.552. The maximum Gasteiger partial charge on any atom is 0.320 e. The Morgan fingerprint density at radius 3 is 2.89 bits per heavy atom. The minimum Gasteiger partial charge on any atom is -0.446 e. The second kappa shape index (κ2) is 3.87. The Labute approximate surface area is 53.2 Å². The van der Waals surface area contributed by atoms with Crippen molar-refractivity contribution in [2.75, 3.05) is 6.54 Å². The minimum atomic E-state index is -0.693. The molecule has 4 nitrogen and oxygen atoms in total. The zero-order chi connectivity index (χ0) is 7.28. The summed E-state index contributed by atoms with van der Waals surface area (Å²) in [6.07, 6.45) is -0.693. The molecule has 0 aromatic carbocycles. The number of carbonyl (C=O) groups excluding carboxylic acids is 1. The van der Waals surface area contributed by atoms with Gasteiger partial charge in [0.2, 0.25) is 0 Å². The van der Waals surface area contributed by atoms with Crippen molar-refractivity contribution in [3.63, 3.8) is 0 Å². The molecule has 0 fully saturated rings. The van der Waals surface area contributed by atoms with Gasteiger partial charge < -0.3 is 10.5 Å². The molecule has 0 rings (SSSR count). The van der Waals surface area contributed by atoms with Crippen LogP contribution in [-0.4, -0.2) is 18.6 Å². The van der Waals surface area contributed by atoms with Crippen LogP contribution < -0.4 is 5.73 Å². The lowest BCUT2D eigenvalue weighted by Gasteiger charge is -2.01. The van der Waals surface area contributed by atoms with Crippen LogP contribution in [0.25, 0.3) is 0 Å². The largest absolute Gasteiger partial charge is 0.446 e. The van der Waals surface area contributed by atoms with Crippen molar-refractivity contribution < 1.29 is 9.53 Å². The van der Waals surface area contributed by atoms with Gasteiger partial charge >= 0.3 is 5.97 Å². The average molecular weight is 128 g/mol. The molecule has 1 unspecified atom stereocenters. The summed E-state index contributed by atoms with van der Waals surface area (Å²) in [6, 6.07) is 1.73. The van der Waals surface area contributed by atoms with Crippen LogP contribution in [0.5, 0.6) is 0 Å². The molecule has 0 spiro atoms. The Bertz CT molecular complexity index is 138. The van der Waals surface area contributed by atoms with Crippen LogP contribution in [0.15, 0.2) is 0 Å². The topological polar surface area (TPSA) is 76.1 Å². The third kappa shape index (κ3) is 3.50. The summed E-state index contributed by atoms with van der Waals surface area (Å²) in [6.45, 7) is 1.31. The summed E-state index contributed by atoms with van der Waals surface area (Å²) in [7, 11) is 0. The van der Waals surface area contributed by atoms with E-state index in [-0.39, 0.29) is 6.54 Å². The number of hydrogen-bond donors (Lipinski definition) is 1. The summed E-state index contributed by atoms with van der Waals surface area (Å²) >= 11 is 0. The fourth-order valence-electron chi connectivity index (χ4n) is 0.272. The second-order valence-corrected chi connectivity index (χ2v) is 1.47. The maximum atomic E-state index is 10.3. The standard InChI is InChI=1S/C5H8N2O2/c1-4(2-6)9-5(8)3-7/h4H,3,7H2,1H3. The zero-order valence-corrected chi connectivity index (χ0v) is 5.13. The molecule has 0 aliphatic rings. The van der Waals surface area contributed by atoms with E-state index < -0.39 is 12.1 Å². The van der Waals surface area contributed by atoms with Gasteiger partial charge in [0.05, 0.1) is 6.54 Å². The quantitative estimate of drug-likeness (QED) is 0.504. The predicted octanol–water partition coefficient (Wildman–Crippen LogP) is -0.600. The molecule has 0 saturated heterocycles. The fourth-order valence-corrected chi connectivity index (χ4v) is 0.272. The Balaban J connectivity index is 3.50. The van der Waals surface area contributed by atoms with E-state index >= 15 is 0 Å². The summed E-state index contributed by atoms with van der Waals surface area (Å²) in [5.41, 5.74) is 4.89. The highest BCUT2D eigenvalue weighted by atomic mass is 16.5. The van der Waals surface area contributed by atoms with E-state index in [2.05, 4.69) is 4.74 Å². The van der Waals surface area contributed by atoms with Crippen molar-refractivity contribution >= 4 is 5.97 Å². The first-order valence-electron chi connectivity index (χ1n) is 2.50. The first kappa shape index (κ1) is 7.92. The maximum absolute atomic E-state index is 10.3. The number of nitrogens with two attached hydrogens (primary N) is 1. The number of ether oxygens (including phenoxy) is 1. The number of nitrogens with zero attached hydrogens (tertiary/aromatic N) is 1. The van der Waals surface area contributed by atoms with E-state index in [9.17, 15) is 4.79 Å². The van der Waals surface area contributed by atoms with Crippen LogP contribution in [0.1, 0.15) is 6.92 Å². The number of nitriles is 1. The van der Waals surface area contributed by atoms with Crippen molar-refractivity contribution in [1.29, 1.82) is 5.26 Å². The lowest BCUT2D eigenvalue weighted by molar-refractivity contribution is -0.144. The molecule has 0 saturated carbocycles. The Kier molecular flexibility index (Phi) is 3.40. The molecule has 0 aliphatic carbocycles. The molecular formula is C5H8N2O2. The molecule has 0 aromatic heterocycles. The van der Waals surface area contributed by atoms with Gasteiger partial charge in [0.15, 0.2) is 6.10 Å². The van der Waals surface area contributed by atoms with Gasteiger partial charge in [-0.15, -0.1) is 0 Å². The van der Waals surface area contributed by atoms with Crippen LogP contribution >= 0.6 is 0 Å². The fraction of sp³-hybridized carbons (Fsp3) is 0.600. The van der Waals surface area contributed by atoms with Gasteiger partial charge in [-0.25, -0.2) is 0 Å². The number of hydrogen-bond acceptors (Lipinski definition) is 4. The molecule has 1 atom stereocenters. The smallest absolute Gasteiger partial charge is 0.320 e. The number of rotatable bonds is 2. The highest BCUT2D eigenvalue weighted by Gasteiger charge is 2.03. The van der Waals surface area contributed by atoms with Crippen molar-refractivity contribution in [2.24, 2.45) is 5.73 Å². The van der Waals surface area contributed by atoms with Crippen LogP contribution in [0.2, 0.25) is 0 Å². The molecule has 9 heavy (non-hydrogen) atoms. The van der Waals surface area contributed by atoms with Crippen molar-refractivity contribution in [3.8, 4) is 6.07 Å². The third-order valence-corrected chi connectivity index (χ3v) is 0.657. The van der Waals surface area contributed by atoms with Gasteiger partial charge in [0.1, 0.15) is 6.07 Å². The molecule has 4 heteroatoms. The van der Waals surface area contributed by atoms with Crippen molar-refractivity contribution in [3.05, 3.63) is 0 Å². The van der Waals surface area contributed by atoms with E-state index in [4.69, 9.17) is 11.0 Å². The monoisotopic (exact) mass is 128 g/mol. The summed E-state index contributed by atoms with van der Waals surface area (Å²) < 4.78 is 4.42. The third-order valence-electron chi connectivity index (χ3n) is 0.657. The average Bonchev–Trinajstić information content (AvgIpc) is 1.87. The molecule has 0 aliphatic heterocycles. The van der Waals surface area contributed by atoms with E-state index in [1.165, 1.54) is 6.92 Å². The SMILES string of the molecule is CC(C#N)OC(=O)CN. The molecule has 50 valence electrons. The normalized spacial score (nSPS) is 11.7. The number of esters is 1. The first-order chi connectivity index (χ1) is 4.20. The number of carbonyl (C=O) groups is 1. The summed E-state index contributed by atoms with van der Waals surface area (Å²) in [5, 5.41) is 8.11. The van der Waals surface area contributed by atoms with Crippen LogP contribution in [-0.2, 0) is 9.53 Å². The van der Waals surface area contributed by atoms with Crippen LogP contribution in [0, 0.1) is 11.3 Å². The molecule has 0 radical (unpaired) electrons. The highest BCUT2D eigenvalue weighted by Crippen LogP contribution is 1.86. The van der Waals surface area contributed by atoms with E-state index in [1.54, 1.807) is 6.07 Å². The van der Waals surface area contributed by atoms with Gasteiger partial charge in [-0.3, -0.25) is 4.79 Å². The highest BCUT2D eigenvalue weighted by molar-refractivity contribution is 5.71. The van der Waals surface area contributed by atoms with Gasteiger partial charge in [-0.1, -0.05) is 0 Å². The van der Waals surface area contributed by atoms with E-state index in [1.807, 2.05) is 0 Å². The van der Waals surface area contributed by atoms with E-state index in [0.717, 1.165) is 0 Å². The van der Waals surface area contributed by atoms with Crippen LogP contribution in [0.3, 0.4) is 0 Å². The Morgan fingerprint density at radius 2 is 2.56 bits per heavy atom. The van der Waals surface area contributed by atoms with Gasteiger partial charge in [0, 0.05) is 0 Å². The van der Waals surface area contributed by atoms with Gasteiger partial charge in [0.25, 0.3) is 0 Å². The Morgan fingerprint density at radius 1 is 2.00 bits per heavy atom. The van der Waals surface area contributed by atoms with Crippen molar-refractivity contribution in [2.45, 2.75) is 13.0 Å². The lowest BCUT2D eigenvalue weighted by atomic mass is 10.4. The lowest BCUT2D eigenvalue weighted by Crippen LogP contribution is -2.20. The van der Waals surface area contributed by atoms with Gasteiger partial charge in [-0.05, 0) is 6.92 Å². The van der Waals surface area contributed by atoms with Gasteiger partial charge in [-0.2, -0.15) is 5.26 Å². The molecule has 0 aromatic rings.